The lowest BCUT2D eigenvalue weighted by Gasteiger charge is -2.43. The third-order valence-corrected chi connectivity index (χ3v) is 3.18. The number of ether oxygens (including phenoxy) is 2. The number of rotatable bonds is 6. The molecule has 1 saturated heterocycles. The van der Waals surface area contributed by atoms with Gasteiger partial charge in [0.1, 0.15) is 0 Å². The lowest BCUT2D eigenvalue weighted by atomic mass is 10.0. The number of morpholine rings is 1. The molecule has 0 aromatic heterocycles. The molecule has 6 nitrogen and oxygen atoms in total. The van der Waals surface area contributed by atoms with Gasteiger partial charge in [-0.1, -0.05) is 0 Å². The van der Waals surface area contributed by atoms with Gasteiger partial charge in [-0.2, -0.15) is 0 Å². The van der Waals surface area contributed by atoms with Crippen molar-refractivity contribution in [1.82, 2.24) is 4.90 Å². The van der Waals surface area contributed by atoms with E-state index in [9.17, 15) is 9.90 Å². The van der Waals surface area contributed by atoms with Crippen LogP contribution in [-0.2, 0) is 14.3 Å². The maximum absolute atomic E-state index is 12.3. The largest absolute Gasteiger partial charge is 0.394 e. The Morgan fingerprint density at radius 3 is 2.89 bits per heavy atom. The minimum atomic E-state index is -0.511. The zero-order valence-corrected chi connectivity index (χ0v) is 12.1. The number of aliphatic hydroxyl groups is 1. The van der Waals surface area contributed by atoms with Crippen LogP contribution in [0.1, 0.15) is 26.7 Å². The highest BCUT2D eigenvalue weighted by molar-refractivity contribution is 5.81. The van der Waals surface area contributed by atoms with Crippen LogP contribution in [0.25, 0.3) is 0 Å². The standard InChI is InChI=1S/C13H26N2O4/c1-13(2)9-15(7-10(8-16)19-13)12(17)11(14)5-4-6-18-3/h10-11,16H,4-9,14H2,1-3H3. The van der Waals surface area contributed by atoms with Crippen molar-refractivity contribution in [3.8, 4) is 0 Å². The molecule has 0 saturated carbocycles. The fourth-order valence-electron chi connectivity index (χ4n) is 2.36. The molecule has 1 aliphatic heterocycles. The predicted octanol–water partition coefficient (Wildman–Crippen LogP) is -0.261. The Bertz CT molecular complexity index is 296. The Morgan fingerprint density at radius 2 is 2.32 bits per heavy atom. The van der Waals surface area contributed by atoms with Gasteiger partial charge in [0.25, 0.3) is 0 Å². The first kappa shape index (κ1) is 16.4. The first-order valence-corrected chi connectivity index (χ1v) is 6.71. The van der Waals surface area contributed by atoms with E-state index in [2.05, 4.69) is 0 Å². The minimum Gasteiger partial charge on any atom is -0.394 e. The molecule has 1 heterocycles. The van der Waals surface area contributed by atoms with E-state index in [1.54, 1.807) is 12.0 Å². The van der Waals surface area contributed by atoms with Gasteiger partial charge in [0, 0.05) is 26.8 Å². The molecular formula is C13H26N2O4. The van der Waals surface area contributed by atoms with Crippen LogP contribution >= 0.6 is 0 Å². The summed E-state index contributed by atoms with van der Waals surface area (Å²) in [7, 11) is 1.63. The molecule has 1 fully saturated rings. The predicted molar refractivity (Wildman–Crippen MR) is 71.7 cm³/mol. The number of nitrogens with zero attached hydrogens (tertiary/aromatic N) is 1. The van der Waals surface area contributed by atoms with Gasteiger partial charge in [0.15, 0.2) is 0 Å². The number of carbonyl (C=O) groups excluding carboxylic acids is 1. The Hall–Kier alpha value is -0.690. The van der Waals surface area contributed by atoms with Gasteiger partial charge in [0.05, 0.1) is 24.4 Å². The van der Waals surface area contributed by atoms with Crippen molar-refractivity contribution in [2.75, 3.05) is 33.4 Å². The Labute approximate surface area is 114 Å². The maximum atomic E-state index is 12.3. The number of carbonyl (C=O) groups is 1. The Morgan fingerprint density at radius 1 is 1.63 bits per heavy atom. The fraction of sp³-hybridized carbons (Fsp3) is 0.923. The first-order valence-electron chi connectivity index (χ1n) is 6.71. The van der Waals surface area contributed by atoms with Crippen LogP contribution in [0, 0.1) is 0 Å². The summed E-state index contributed by atoms with van der Waals surface area (Å²) in [5.41, 5.74) is 5.46. The lowest BCUT2D eigenvalue weighted by molar-refractivity contribution is -0.168. The number of nitrogens with two attached hydrogens (primary N) is 1. The van der Waals surface area contributed by atoms with E-state index in [0.29, 0.717) is 26.1 Å². The third-order valence-electron chi connectivity index (χ3n) is 3.18. The fourth-order valence-corrected chi connectivity index (χ4v) is 2.36. The van der Waals surface area contributed by atoms with Gasteiger partial charge < -0.3 is 25.2 Å². The molecular weight excluding hydrogens is 248 g/mol. The average Bonchev–Trinajstić information content (AvgIpc) is 2.36. The van der Waals surface area contributed by atoms with Crippen molar-refractivity contribution in [3.05, 3.63) is 0 Å². The van der Waals surface area contributed by atoms with Crippen LogP contribution in [0.3, 0.4) is 0 Å². The minimum absolute atomic E-state index is 0.0778. The highest BCUT2D eigenvalue weighted by Crippen LogP contribution is 2.21. The van der Waals surface area contributed by atoms with E-state index in [1.807, 2.05) is 13.8 Å². The molecule has 0 aromatic carbocycles. The van der Waals surface area contributed by atoms with Gasteiger partial charge in [-0.3, -0.25) is 4.79 Å². The molecule has 112 valence electrons. The lowest BCUT2D eigenvalue weighted by Crippen LogP contribution is -2.58. The number of amides is 1. The molecule has 2 atom stereocenters. The molecule has 3 N–H and O–H groups in total. The highest BCUT2D eigenvalue weighted by Gasteiger charge is 2.36. The third kappa shape index (κ3) is 5.06. The van der Waals surface area contributed by atoms with E-state index in [4.69, 9.17) is 15.2 Å². The maximum Gasteiger partial charge on any atom is 0.239 e. The van der Waals surface area contributed by atoms with Crippen molar-refractivity contribution in [3.63, 3.8) is 0 Å². The summed E-state index contributed by atoms with van der Waals surface area (Å²) in [5.74, 6) is -0.0778. The topological polar surface area (TPSA) is 85.0 Å². The molecule has 0 aliphatic carbocycles. The van der Waals surface area contributed by atoms with Gasteiger partial charge in [-0.15, -0.1) is 0 Å². The SMILES string of the molecule is COCCCC(N)C(=O)N1CC(CO)OC(C)(C)C1. The molecule has 0 radical (unpaired) electrons. The second-order valence-corrected chi connectivity index (χ2v) is 5.64. The molecule has 0 bridgehead atoms. The summed E-state index contributed by atoms with van der Waals surface area (Å²) in [5, 5.41) is 9.22. The molecule has 1 rings (SSSR count). The van der Waals surface area contributed by atoms with E-state index in [-0.39, 0.29) is 18.6 Å². The summed E-state index contributed by atoms with van der Waals surface area (Å²) in [6.45, 7) is 5.23. The summed E-state index contributed by atoms with van der Waals surface area (Å²) in [4.78, 5) is 14.0. The summed E-state index contributed by atoms with van der Waals surface area (Å²) >= 11 is 0. The molecule has 0 aromatic rings. The molecule has 19 heavy (non-hydrogen) atoms. The van der Waals surface area contributed by atoms with Gasteiger partial charge in [-0.25, -0.2) is 0 Å². The Kier molecular flexibility index (Phi) is 6.19. The van der Waals surface area contributed by atoms with Crippen LogP contribution in [0.2, 0.25) is 0 Å². The van der Waals surface area contributed by atoms with E-state index in [1.165, 1.54) is 0 Å². The van der Waals surface area contributed by atoms with E-state index >= 15 is 0 Å². The molecule has 6 heteroatoms. The number of methoxy groups -OCH3 is 1. The first-order chi connectivity index (χ1) is 8.89. The summed E-state index contributed by atoms with van der Waals surface area (Å²) in [6, 6.07) is -0.511. The van der Waals surface area contributed by atoms with Crippen LogP contribution in [0.15, 0.2) is 0 Å². The molecule has 1 aliphatic rings. The summed E-state index contributed by atoms with van der Waals surface area (Å²) < 4.78 is 10.6. The Balaban J connectivity index is 2.54. The van der Waals surface area contributed by atoms with E-state index in [0.717, 1.165) is 6.42 Å². The van der Waals surface area contributed by atoms with Crippen molar-refractivity contribution >= 4 is 5.91 Å². The van der Waals surface area contributed by atoms with Crippen molar-refractivity contribution in [1.29, 1.82) is 0 Å². The highest BCUT2D eigenvalue weighted by atomic mass is 16.5. The monoisotopic (exact) mass is 274 g/mol. The van der Waals surface area contributed by atoms with Crippen LogP contribution in [0.4, 0.5) is 0 Å². The second-order valence-electron chi connectivity index (χ2n) is 5.64. The van der Waals surface area contributed by atoms with Gasteiger partial charge in [0.2, 0.25) is 5.91 Å². The van der Waals surface area contributed by atoms with E-state index < -0.39 is 11.6 Å². The van der Waals surface area contributed by atoms with Crippen LogP contribution in [-0.4, -0.2) is 67.1 Å². The quantitative estimate of drug-likeness (QED) is 0.652. The number of hydrogen-bond donors (Lipinski definition) is 2. The zero-order valence-electron chi connectivity index (χ0n) is 12.1. The average molecular weight is 274 g/mol. The summed E-state index contributed by atoms with van der Waals surface area (Å²) in [6.07, 6.45) is 1.04. The van der Waals surface area contributed by atoms with Crippen molar-refractivity contribution in [2.45, 2.75) is 44.4 Å². The van der Waals surface area contributed by atoms with Crippen LogP contribution in [0.5, 0.6) is 0 Å². The smallest absolute Gasteiger partial charge is 0.239 e. The van der Waals surface area contributed by atoms with Crippen molar-refractivity contribution < 1.29 is 19.4 Å². The number of hydrogen-bond acceptors (Lipinski definition) is 5. The van der Waals surface area contributed by atoms with Crippen molar-refractivity contribution in [2.24, 2.45) is 5.73 Å². The van der Waals surface area contributed by atoms with Crippen LogP contribution < -0.4 is 5.73 Å². The normalized spacial score (nSPS) is 24.3. The molecule has 2 unspecified atom stereocenters. The van der Waals surface area contributed by atoms with Gasteiger partial charge in [-0.05, 0) is 26.7 Å². The zero-order chi connectivity index (χ0) is 14.5. The van der Waals surface area contributed by atoms with Gasteiger partial charge >= 0.3 is 0 Å². The molecule has 1 amide bonds. The second kappa shape index (κ2) is 7.19. The molecule has 0 spiro atoms. The number of aliphatic hydroxyl groups excluding tert-OH is 1.